The first-order valence-electron chi connectivity index (χ1n) is 19.7. The Hall–Kier alpha value is -6.06. The number of aromatic nitrogens is 6. The summed E-state index contributed by atoms with van der Waals surface area (Å²) in [7, 11) is 2.58. The number of H-pyrrole nitrogens is 2. The molecule has 5 atom stereocenters. The molecule has 16 nitrogen and oxygen atoms in total. The molecule has 0 unspecified atom stereocenters. The van der Waals surface area contributed by atoms with Crippen LogP contribution in [0.2, 0.25) is 0 Å². The van der Waals surface area contributed by atoms with Crippen molar-refractivity contribution in [2.75, 3.05) is 27.3 Å². The highest BCUT2D eigenvalue weighted by Gasteiger charge is 2.39. The van der Waals surface area contributed by atoms with Crippen LogP contribution in [0.5, 0.6) is 0 Å². The maximum absolute atomic E-state index is 13.8. The standard InChI is InChI=1S/C41H50N10O6/c1-6-10-28(46-40(54)56-4)38(52)50-17-8-11-33(50)36-42-22-32(45-36)26-14-13-24-19-29(48-49-30(24)20-26)25-15-16-27-31(21-25)44-37(43-27)34-12-9-18-51(34)39(53)35(23(3)7-2)47-41(55)57-5/h13-16,19-23,28,33-35H,6-12,17-18H2,1-5H3,(H,42,45)(H,43,44)(H,46,54)(H,47,55)/t23-,28+,33+,34+,35+/m1/s1. The Morgan fingerprint density at radius 3 is 2.25 bits per heavy atom. The molecule has 0 bridgehead atoms. The first-order chi connectivity index (χ1) is 27.6. The molecule has 3 aromatic heterocycles. The summed E-state index contributed by atoms with van der Waals surface area (Å²) in [5.74, 6) is 1.05. The van der Waals surface area contributed by atoms with E-state index in [1.54, 1.807) is 11.1 Å². The van der Waals surface area contributed by atoms with Crippen LogP contribution >= 0.6 is 0 Å². The van der Waals surface area contributed by atoms with Crippen LogP contribution in [0.15, 0.2) is 48.7 Å². The summed E-state index contributed by atoms with van der Waals surface area (Å²) in [6.07, 6.45) is 5.69. The number of carbonyl (C=O) groups is 4. The van der Waals surface area contributed by atoms with Gasteiger partial charge in [-0.3, -0.25) is 9.59 Å². The van der Waals surface area contributed by atoms with E-state index in [1.165, 1.54) is 14.2 Å². The molecule has 2 fully saturated rings. The quantitative estimate of drug-likeness (QED) is 0.113. The van der Waals surface area contributed by atoms with Crippen LogP contribution in [0.1, 0.15) is 89.4 Å². The minimum absolute atomic E-state index is 0.0702. The summed E-state index contributed by atoms with van der Waals surface area (Å²) >= 11 is 0. The fourth-order valence-electron chi connectivity index (χ4n) is 7.97. The number of alkyl carbamates (subject to hydrolysis) is 2. The van der Waals surface area contributed by atoms with Gasteiger partial charge < -0.3 is 39.9 Å². The Kier molecular flexibility index (Phi) is 11.7. The molecule has 57 heavy (non-hydrogen) atoms. The van der Waals surface area contributed by atoms with Crippen molar-refractivity contribution in [1.82, 2.24) is 50.6 Å². The molecule has 4 N–H and O–H groups in total. The first kappa shape index (κ1) is 39.2. The van der Waals surface area contributed by atoms with E-state index >= 15 is 0 Å². The number of nitrogens with one attached hydrogen (secondary N) is 4. The summed E-state index contributed by atoms with van der Waals surface area (Å²) in [4.78, 5) is 71.4. The molecule has 2 saturated heterocycles. The van der Waals surface area contributed by atoms with Gasteiger partial charge in [-0.05, 0) is 62.3 Å². The predicted molar refractivity (Wildman–Crippen MR) is 213 cm³/mol. The van der Waals surface area contributed by atoms with Gasteiger partial charge in [0.2, 0.25) is 11.8 Å². The number of fused-ring (bicyclic) bond motifs is 2. The summed E-state index contributed by atoms with van der Waals surface area (Å²) in [6, 6.07) is 12.1. The van der Waals surface area contributed by atoms with E-state index in [0.29, 0.717) is 36.9 Å². The highest BCUT2D eigenvalue weighted by atomic mass is 16.5. The number of hydrogen-bond acceptors (Lipinski definition) is 10. The lowest BCUT2D eigenvalue weighted by Crippen LogP contribution is -2.51. The lowest BCUT2D eigenvalue weighted by molar-refractivity contribution is -0.136. The molecular weight excluding hydrogens is 729 g/mol. The van der Waals surface area contributed by atoms with E-state index in [9.17, 15) is 19.2 Å². The lowest BCUT2D eigenvalue weighted by atomic mass is 9.97. The average Bonchev–Trinajstić information content (AvgIpc) is 4.07. The van der Waals surface area contributed by atoms with Crippen molar-refractivity contribution in [2.24, 2.45) is 5.92 Å². The zero-order chi connectivity index (χ0) is 40.2. The predicted octanol–water partition coefficient (Wildman–Crippen LogP) is 6.19. The van der Waals surface area contributed by atoms with E-state index < -0.39 is 24.3 Å². The van der Waals surface area contributed by atoms with Gasteiger partial charge in [0, 0.05) is 29.6 Å². The average molecular weight is 779 g/mol. The molecule has 300 valence electrons. The molecule has 0 saturated carbocycles. The molecule has 2 aliphatic heterocycles. The van der Waals surface area contributed by atoms with Gasteiger partial charge in [0.05, 0.1) is 60.4 Å². The van der Waals surface area contributed by atoms with Crippen molar-refractivity contribution in [2.45, 2.75) is 89.9 Å². The molecule has 7 rings (SSSR count). The SMILES string of the molecule is CCC[C@H](NC(=O)OC)C(=O)N1CCC[C@H]1c1ncc(-c2ccc3cc(-c4ccc5nc([C@@H]6CCCN6C(=O)[C@@H](NC(=O)OC)[C@H](C)CC)[nH]c5c4)nnc3c2)[nH]1. The van der Waals surface area contributed by atoms with Gasteiger partial charge in [-0.2, -0.15) is 0 Å². The zero-order valence-electron chi connectivity index (χ0n) is 33.0. The molecule has 4 amide bonds. The number of aromatic amines is 2. The number of carbonyl (C=O) groups excluding carboxylic acids is 4. The molecule has 5 heterocycles. The Morgan fingerprint density at radius 1 is 0.825 bits per heavy atom. The molecule has 0 spiro atoms. The molecule has 0 radical (unpaired) electrons. The number of hydrogen-bond donors (Lipinski definition) is 4. The zero-order valence-corrected chi connectivity index (χ0v) is 33.0. The van der Waals surface area contributed by atoms with Crippen molar-refractivity contribution in [3.63, 3.8) is 0 Å². The third-order valence-electron chi connectivity index (χ3n) is 11.3. The van der Waals surface area contributed by atoms with Gasteiger partial charge in [-0.15, -0.1) is 10.2 Å². The smallest absolute Gasteiger partial charge is 0.407 e. The van der Waals surface area contributed by atoms with E-state index in [2.05, 4.69) is 35.8 Å². The second kappa shape index (κ2) is 17.0. The molecular formula is C41H50N10O6. The summed E-state index contributed by atoms with van der Waals surface area (Å²) in [6.45, 7) is 7.08. The molecule has 5 aromatic rings. The molecule has 16 heteroatoms. The fourth-order valence-corrected chi connectivity index (χ4v) is 7.97. The van der Waals surface area contributed by atoms with E-state index in [1.807, 2.05) is 68.1 Å². The maximum Gasteiger partial charge on any atom is 0.407 e. The Balaban J connectivity index is 1.07. The van der Waals surface area contributed by atoms with Crippen LogP contribution in [-0.4, -0.2) is 103 Å². The number of nitrogens with zero attached hydrogens (tertiary/aromatic N) is 6. The van der Waals surface area contributed by atoms with Gasteiger partial charge in [-0.1, -0.05) is 51.8 Å². The second-order valence-electron chi connectivity index (χ2n) is 14.9. The van der Waals surface area contributed by atoms with Gasteiger partial charge >= 0.3 is 12.2 Å². The van der Waals surface area contributed by atoms with Crippen LogP contribution in [0.25, 0.3) is 44.5 Å². The Morgan fingerprint density at radius 2 is 1.53 bits per heavy atom. The van der Waals surface area contributed by atoms with E-state index in [4.69, 9.17) is 14.5 Å². The van der Waals surface area contributed by atoms with Crippen molar-refractivity contribution >= 4 is 45.9 Å². The summed E-state index contributed by atoms with van der Waals surface area (Å²) < 4.78 is 9.56. The minimum atomic E-state index is -0.693. The van der Waals surface area contributed by atoms with Crippen molar-refractivity contribution < 1.29 is 28.7 Å². The number of methoxy groups -OCH3 is 2. The molecule has 2 aliphatic rings. The van der Waals surface area contributed by atoms with Crippen LogP contribution < -0.4 is 10.6 Å². The topological polar surface area (TPSA) is 200 Å². The number of benzene rings is 2. The van der Waals surface area contributed by atoms with Gasteiger partial charge in [0.25, 0.3) is 0 Å². The third kappa shape index (κ3) is 8.11. The van der Waals surface area contributed by atoms with Crippen molar-refractivity contribution in [1.29, 1.82) is 0 Å². The maximum atomic E-state index is 13.8. The molecule has 2 aromatic carbocycles. The number of amides is 4. The van der Waals surface area contributed by atoms with Gasteiger partial charge in [0.1, 0.15) is 23.7 Å². The number of rotatable bonds is 12. The third-order valence-corrected chi connectivity index (χ3v) is 11.3. The minimum Gasteiger partial charge on any atom is -0.453 e. The lowest BCUT2D eigenvalue weighted by Gasteiger charge is -2.30. The fraction of sp³-hybridized carbons (Fsp3) is 0.463. The van der Waals surface area contributed by atoms with Crippen LogP contribution in [0.3, 0.4) is 0 Å². The Labute approximate surface area is 330 Å². The Bertz CT molecular complexity index is 2270. The van der Waals surface area contributed by atoms with E-state index in [-0.39, 0.29) is 29.8 Å². The van der Waals surface area contributed by atoms with E-state index in [0.717, 1.165) is 77.3 Å². The highest BCUT2D eigenvalue weighted by Crippen LogP contribution is 2.35. The summed E-state index contributed by atoms with van der Waals surface area (Å²) in [5.41, 5.74) is 5.57. The van der Waals surface area contributed by atoms with Crippen molar-refractivity contribution in [3.05, 3.63) is 60.3 Å². The summed E-state index contributed by atoms with van der Waals surface area (Å²) in [5, 5.41) is 15.5. The first-order valence-corrected chi connectivity index (χ1v) is 19.7. The monoisotopic (exact) mass is 778 g/mol. The molecule has 0 aliphatic carbocycles. The highest BCUT2D eigenvalue weighted by molar-refractivity contribution is 5.89. The number of imidazole rings is 2. The normalized spacial score (nSPS) is 18.4. The number of ether oxygens (including phenoxy) is 2. The second-order valence-corrected chi connectivity index (χ2v) is 14.9. The largest absolute Gasteiger partial charge is 0.453 e. The van der Waals surface area contributed by atoms with Crippen LogP contribution in [0.4, 0.5) is 9.59 Å². The van der Waals surface area contributed by atoms with Crippen LogP contribution in [-0.2, 0) is 19.1 Å². The van der Waals surface area contributed by atoms with Gasteiger partial charge in [-0.25, -0.2) is 19.6 Å². The van der Waals surface area contributed by atoms with Crippen LogP contribution in [0, 0.1) is 5.92 Å². The van der Waals surface area contributed by atoms with Crippen molar-refractivity contribution in [3.8, 4) is 22.5 Å². The van der Waals surface area contributed by atoms with Gasteiger partial charge in [0.15, 0.2) is 0 Å². The number of likely N-dealkylation sites (tertiary alicyclic amines) is 2.